The van der Waals surface area contributed by atoms with Gasteiger partial charge < -0.3 is 15.3 Å². The lowest BCUT2D eigenvalue weighted by atomic mass is 10.2. The summed E-state index contributed by atoms with van der Waals surface area (Å²) in [5.74, 6) is 0. The SMILES string of the molecule is CCCNC(CO)CN1CCCN2CCCC2C1. The van der Waals surface area contributed by atoms with Crippen LogP contribution < -0.4 is 5.32 Å². The first-order valence-electron chi connectivity index (χ1n) is 7.64. The molecule has 2 N–H and O–H groups in total. The van der Waals surface area contributed by atoms with Crippen LogP contribution in [-0.4, -0.2) is 72.9 Å². The topological polar surface area (TPSA) is 38.7 Å². The van der Waals surface area contributed by atoms with Crippen LogP contribution in [0.15, 0.2) is 0 Å². The molecule has 0 saturated carbocycles. The van der Waals surface area contributed by atoms with E-state index in [1.165, 1.54) is 45.4 Å². The third-order valence-corrected chi connectivity index (χ3v) is 4.27. The molecule has 106 valence electrons. The molecule has 2 atom stereocenters. The van der Waals surface area contributed by atoms with E-state index in [9.17, 15) is 5.11 Å². The molecular formula is C14H29N3O. The lowest BCUT2D eigenvalue weighted by molar-refractivity contribution is 0.169. The van der Waals surface area contributed by atoms with Gasteiger partial charge in [-0.3, -0.25) is 4.90 Å². The molecule has 2 unspecified atom stereocenters. The van der Waals surface area contributed by atoms with E-state index in [2.05, 4.69) is 22.0 Å². The Balaban J connectivity index is 1.80. The van der Waals surface area contributed by atoms with Crippen molar-refractivity contribution in [2.45, 2.75) is 44.7 Å². The van der Waals surface area contributed by atoms with Gasteiger partial charge in [0.1, 0.15) is 0 Å². The van der Waals surface area contributed by atoms with Crippen molar-refractivity contribution in [1.82, 2.24) is 15.1 Å². The lowest BCUT2D eigenvalue weighted by Crippen LogP contribution is -2.46. The predicted octanol–water partition coefficient (Wildman–Crippen LogP) is 0.517. The Bertz CT molecular complexity index is 237. The number of hydrogen-bond donors (Lipinski definition) is 2. The number of fused-ring (bicyclic) bond motifs is 1. The van der Waals surface area contributed by atoms with E-state index < -0.39 is 0 Å². The molecule has 0 aliphatic carbocycles. The Kier molecular flexibility index (Phi) is 5.89. The minimum Gasteiger partial charge on any atom is -0.395 e. The van der Waals surface area contributed by atoms with Crippen molar-refractivity contribution in [2.75, 3.05) is 45.9 Å². The van der Waals surface area contributed by atoms with Gasteiger partial charge in [-0.15, -0.1) is 0 Å². The lowest BCUT2D eigenvalue weighted by Gasteiger charge is -2.28. The van der Waals surface area contributed by atoms with Crippen LogP contribution in [0.25, 0.3) is 0 Å². The molecule has 0 bridgehead atoms. The number of aliphatic hydroxyl groups excluding tert-OH is 1. The van der Waals surface area contributed by atoms with Gasteiger partial charge >= 0.3 is 0 Å². The average Bonchev–Trinajstić information content (AvgIpc) is 2.73. The summed E-state index contributed by atoms with van der Waals surface area (Å²) in [7, 11) is 0. The second kappa shape index (κ2) is 7.43. The zero-order chi connectivity index (χ0) is 12.8. The van der Waals surface area contributed by atoms with Gasteiger partial charge in [0.15, 0.2) is 0 Å². The maximum atomic E-state index is 9.44. The molecule has 0 spiro atoms. The van der Waals surface area contributed by atoms with Crippen molar-refractivity contribution in [3.8, 4) is 0 Å². The highest BCUT2D eigenvalue weighted by atomic mass is 16.3. The van der Waals surface area contributed by atoms with Crippen molar-refractivity contribution in [3.05, 3.63) is 0 Å². The van der Waals surface area contributed by atoms with E-state index in [0.29, 0.717) is 0 Å². The Morgan fingerprint density at radius 3 is 2.89 bits per heavy atom. The van der Waals surface area contributed by atoms with E-state index in [1.807, 2.05) is 0 Å². The van der Waals surface area contributed by atoms with Crippen molar-refractivity contribution in [3.63, 3.8) is 0 Å². The molecule has 2 heterocycles. The fraction of sp³-hybridized carbons (Fsp3) is 1.00. The van der Waals surface area contributed by atoms with Gasteiger partial charge in [-0.1, -0.05) is 6.92 Å². The molecule has 2 fully saturated rings. The fourth-order valence-corrected chi connectivity index (χ4v) is 3.30. The first-order valence-corrected chi connectivity index (χ1v) is 7.64. The van der Waals surface area contributed by atoms with Crippen molar-refractivity contribution >= 4 is 0 Å². The molecule has 2 rings (SSSR count). The molecule has 0 aromatic carbocycles. The third-order valence-electron chi connectivity index (χ3n) is 4.27. The number of rotatable bonds is 6. The molecule has 2 aliphatic heterocycles. The zero-order valence-electron chi connectivity index (χ0n) is 11.8. The Morgan fingerprint density at radius 1 is 1.28 bits per heavy atom. The van der Waals surface area contributed by atoms with E-state index in [4.69, 9.17) is 0 Å². The Labute approximate surface area is 111 Å². The van der Waals surface area contributed by atoms with Gasteiger partial charge in [-0.25, -0.2) is 0 Å². The molecule has 0 aromatic heterocycles. The average molecular weight is 255 g/mol. The van der Waals surface area contributed by atoms with Crippen molar-refractivity contribution < 1.29 is 5.11 Å². The van der Waals surface area contributed by atoms with Gasteiger partial charge in [0.25, 0.3) is 0 Å². The van der Waals surface area contributed by atoms with E-state index in [-0.39, 0.29) is 12.6 Å². The van der Waals surface area contributed by atoms with Crippen LogP contribution in [0.3, 0.4) is 0 Å². The maximum absolute atomic E-state index is 9.44. The van der Waals surface area contributed by atoms with Gasteiger partial charge in [0, 0.05) is 25.2 Å². The smallest absolute Gasteiger partial charge is 0.0597 e. The number of aliphatic hydroxyl groups is 1. The van der Waals surface area contributed by atoms with Crippen LogP contribution in [-0.2, 0) is 0 Å². The second-order valence-electron chi connectivity index (χ2n) is 5.78. The molecule has 0 amide bonds. The quantitative estimate of drug-likeness (QED) is 0.726. The summed E-state index contributed by atoms with van der Waals surface area (Å²) in [6, 6.07) is 1.02. The largest absolute Gasteiger partial charge is 0.395 e. The molecule has 4 nitrogen and oxygen atoms in total. The summed E-state index contributed by atoms with van der Waals surface area (Å²) in [6.07, 6.45) is 5.15. The summed E-state index contributed by atoms with van der Waals surface area (Å²) < 4.78 is 0. The van der Waals surface area contributed by atoms with Gasteiger partial charge in [0.2, 0.25) is 0 Å². The van der Waals surface area contributed by atoms with Gasteiger partial charge in [0.05, 0.1) is 6.61 Å². The second-order valence-corrected chi connectivity index (χ2v) is 5.78. The van der Waals surface area contributed by atoms with Crippen molar-refractivity contribution in [1.29, 1.82) is 0 Å². The van der Waals surface area contributed by atoms with Crippen LogP contribution in [0.4, 0.5) is 0 Å². The third kappa shape index (κ3) is 3.92. The molecule has 0 aromatic rings. The van der Waals surface area contributed by atoms with E-state index in [0.717, 1.165) is 25.6 Å². The van der Waals surface area contributed by atoms with E-state index in [1.54, 1.807) is 0 Å². The maximum Gasteiger partial charge on any atom is 0.0597 e. The zero-order valence-corrected chi connectivity index (χ0v) is 11.8. The van der Waals surface area contributed by atoms with Crippen LogP contribution in [0.5, 0.6) is 0 Å². The summed E-state index contributed by atoms with van der Waals surface area (Å²) in [5.41, 5.74) is 0. The summed E-state index contributed by atoms with van der Waals surface area (Å²) in [6.45, 7) is 9.40. The van der Waals surface area contributed by atoms with Crippen molar-refractivity contribution in [2.24, 2.45) is 0 Å². The first-order chi connectivity index (χ1) is 8.83. The highest BCUT2D eigenvalue weighted by Gasteiger charge is 2.29. The summed E-state index contributed by atoms with van der Waals surface area (Å²) in [4.78, 5) is 5.22. The summed E-state index contributed by atoms with van der Waals surface area (Å²) in [5, 5.41) is 12.9. The highest BCUT2D eigenvalue weighted by Crippen LogP contribution is 2.21. The van der Waals surface area contributed by atoms with Crippen LogP contribution in [0, 0.1) is 0 Å². The molecule has 0 radical (unpaired) electrons. The normalized spacial score (nSPS) is 28.0. The Morgan fingerprint density at radius 2 is 2.11 bits per heavy atom. The minimum atomic E-state index is 0.248. The summed E-state index contributed by atoms with van der Waals surface area (Å²) >= 11 is 0. The fourth-order valence-electron chi connectivity index (χ4n) is 3.30. The molecule has 2 aliphatic rings. The minimum absolute atomic E-state index is 0.248. The standard InChI is InChI=1S/C14H29N3O/c1-2-6-15-13(12-18)10-16-7-4-9-17-8-3-5-14(17)11-16/h13-15,18H,2-12H2,1H3. The molecular weight excluding hydrogens is 226 g/mol. The molecule has 4 heteroatoms. The van der Waals surface area contributed by atoms with E-state index >= 15 is 0 Å². The van der Waals surface area contributed by atoms with Crippen LogP contribution in [0.1, 0.15) is 32.6 Å². The molecule has 2 saturated heterocycles. The predicted molar refractivity (Wildman–Crippen MR) is 74.8 cm³/mol. The first kappa shape index (κ1) is 14.3. The van der Waals surface area contributed by atoms with Gasteiger partial charge in [-0.2, -0.15) is 0 Å². The highest BCUT2D eigenvalue weighted by molar-refractivity contribution is 4.86. The van der Waals surface area contributed by atoms with Crippen LogP contribution in [0.2, 0.25) is 0 Å². The molecule has 18 heavy (non-hydrogen) atoms. The van der Waals surface area contributed by atoms with Gasteiger partial charge in [-0.05, 0) is 51.9 Å². The number of hydrogen-bond acceptors (Lipinski definition) is 4. The number of nitrogens with one attached hydrogen (secondary N) is 1. The van der Waals surface area contributed by atoms with Crippen LogP contribution >= 0.6 is 0 Å². The number of nitrogens with zero attached hydrogens (tertiary/aromatic N) is 2. The monoisotopic (exact) mass is 255 g/mol. The Hall–Kier alpha value is -0.160.